The second-order valence-corrected chi connectivity index (χ2v) is 6.12. The summed E-state index contributed by atoms with van der Waals surface area (Å²) in [6, 6.07) is 6.19. The van der Waals surface area contributed by atoms with Crippen molar-refractivity contribution in [2.24, 2.45) is 5.41 Å². The Morgan fingerprint density at radius 2 is 1.71 bits per heavy atom. The van der Waals surface area contributed by atoms with Crippen LogP contribution in [0.3, 0.4) is 0 Å². The van der Waals surface area contributed by atoms with Gasteiger partial charge in [-0.25, -0.2) is 0 Å². The number of aryl methyl sites for hydroxylation is 2. The lowest BCUT2D eigenvalue weighted by molar-refractivity contribution is -0.126. The van der Waals surface area contributed by atoms with E-state index in [1.165, 1.54) is 11.1 Å². The van der Waals surface area contributed by atoms with Gasteiger partial charge in [-0.2, -0.15) is 0 Å². The Bertz CT molecular complexity index is 449. The zero-order valence-corrected chi connectivity index (χ0v) is 15.2. The molecule has 0 spiro atoms. The molecule has 0 fully saturated rings. The monoisotopic (exact) mass is 291 g/mol. The van der Waals surface area contributed by atoms with Gasteiger partial charge in [-0.3, -0.25) is 4.79 Å². The van der Waals surface area contributed by atoms with Crippen LogP contribution in [0, 0.1) is 19.3 Å². The fourth-order valence-corrected chi connectivity index (χ4v) is 2.23. The first-order valence-corrected chi connectivity index (χ1v) is 8.15. The molecule has 0 unspecified atom stereocenters. The molecule has 120 valence electrons. The zero-order valence-electron chi connectivity index (χ0n) is 15.2. The molecule has 0 radical (unpaired) electrons. The Morgan fingerprint density at radius 3 is 2.19 bits per heavy atom. The van der Waals surface area contributed by atoms with Gasteiger partial charge < -0.3 is 4.90 Å². The van der Waals surface area contributed by atoms with Crippen LogP contribution in [-0.4, -0.2) is 13.0 Å². The summed E-state index contributed by atoms with van der Waals surface area (Å²) in [5.74, 6) is 0.198. The van der Waals surface area contributed by atoms with Crippen LogP contribution in [0.5, 0.6) is 0 Å². The van der Waals surface area contributed by atoms with E-state index in [1.807, 2.05) is 40.8 Å². The molecule has 0 heterocycles. The van der Waals surface area contributed by atoms with E-state index in [0.29, 0.717) is 0 Å². The quantitative estimate of drug-likeness (QED) is 0.700. The van der Waals surface area contributed by atoms with Crippen LogP contribution in [-0.2, 0) is 4.79 Å². The number of hydrogen-bond donors (Lipinski definition) is 0. The molecule has 1 rings (SSSR count). The van der Waals surface area contributed by atoms with Crippen LogP contribution in [0.15, 0.2) is 18.2 Å². The van der Waals surface area contributed by atoms with E-state index < -0.39 is 0 Å². The van der Waals surface area contributed by atoms with Gasteiger partial charge in [0, 0.05) is 18.2 Å². The van der Waals surface area contributed by atoms with Gasteiger partial charge in [-0.05, 0) is 43.5 Å². The van der Waals surface area contributed by atoms with Crippen molar-refractivity contribution >= 4 is 11.6 Å². The number of rotatable bonds is 5. The first-order valence-electron chi connectivity index (χ1n) is 8.15. The number of carbonyl (C=O) groups is 1. The van der Waals surface area contributed by atoms with E-state index in [-0.39, 0.29) is 11.3 Å². The van der Waals surface area contributed by atoms with E-state index in [1.54, 1.807) is 4.90 Å². The highest BCUT2D eigenvalue weighted by atomic mass is 16.2. The molecule has 1 aromatic carbocycles. The van der Waals surface area contributed by atoms with Gasteiger partial charge in [0.05, 0.1) is 0 Å². The Kier molecular flexibility index (Phi) is 8.31. The summed E-state index contributed by atoms with van der Waals surface area (Å²) in [6.45, 7) is 14.4. The van der Waals surface area contributed by atoms with Crippen LogP contribution >= 0.6 is 0 Å². The minimum absolute atomic E-state index is 0.198. The largest absolute Gasteiger partial charge is 0.315 e. The maximum atomic E-state index is 12.6. The summed E-state index contributed by atoms with van der Waals surface area (Å²) in [7, 11) is 1.88. The fraction of sp³-hybridized carbons (Fsp3) is 0.632. The van der Waals surface area contributed by atoms with E-state index in [4.69, 9.17) is 0 Å². The number of nitrogens with zero attached hydrogens (tertiary/aromatic N) is 1. The molecule has 2 nitrogen and oxygen atoms in total. The van der Waals surface area contributed by atoms with Crippen molar-refractivity contribution in [3.05, 3.63) is 29.3 Å². The minimum Gasteiger partial charge on any atom is -0.315 e. The first-order chi connectivity index (χ1) is 9.79. The zero-order chi connectivity index (χ0) is 16.6. The average molecular weight is 291 g/mol. The number of amides is 1. The SMILES string of the molecule is CC.CCCCC(C)(C)C(=O)N(C)c1ccc(C)c(C)c1. The van der Waals surface area contributed by atoms with E-state index in [0.717, 1.165) is 24.9 Å². The van der Waals surface area contributed by atoms with Gasteiger partial charge in [0.1, 0.15) is 0 Å². The van der Waals surface area contributed by atoms with Crippen molar-refractivity contribution in [3.8, 4) is 0 Å². The second kappa shape index (κ2) is 8.86. The molecule has 0 aliphatic carbocycles. The van der Waals surface area contributed by atoms with Gasteiger partial charge in [-0.1, -0.05) is 53.5 Å². The van der Waals surface area contributed by atoms with Gasteiger partial charge in [0.25, 0.3) is 0 Å². The molecule has 1 amide bonds. The summed E-state index contributed by atoms with van der Waals surface area (Å²) < 4.78 is 0. The van der Waals surface area contributed by atoms with Crippen LogP contribution in [0.25, 0.3) is 0 Å². The van der Waals surface area contributed by atoms with Crippen molar-refractivity contribution in [1.82, 2.24) is 0 Å². The van der Waals surface area contributed by atoms with Crippen molar-refractivity contribution in [2.75, 3.05) is 11.9 Å². The normalized spacial score (nSPS) is 10.7. The highest BCUT2D eigenvalue weighted by Gasteiger charge is 2.30. The van der Waals surface area contributed by atoms with Crippen molar-refractivity contribution < 1.29 is 4.79 Å². The molecule has 0 aromatic heterocycles. The maximum Gasteiger partial charge on any atom is 0.232 e. The Labute approximate surface area is 131 Å². The number of anilines is 1. The average Bonchev–Trinajstić information content (AvgIpc) is 2.48. The number of unbranched alkanes of at least 4 members (excludes halogenated alkanes) is 1. The molecule has 1 aromatic rings. The van der Waals surface area contributed by atoms with Crippen molar-refractivity contribution in [1.29, 1.82) is 0 Å². The van der Waals surface area contributed by atoms with Crippen molar-refractivity contribution in [2.45, 2.75) is 67.7 Å². The number of hydrogen-bond acceptors (Lipinski definition) is 1. The summed E-state index contributed by atoms with van der Waals surface area (Å²) in [6.07, 6.45) is 3.17. The molecular weight excluding hydrogens is 258 g/mol. The predicted octanol–water partition coefficient (Wildman–Crippen LogP) is 5.51. The molecule has 0 aliphatic rings. The molecule has 0 bridgehead atoms. The summed E-state index contributed by atoms with van der Waals surface area (Å²) in [4.78, 5) is 14.4. The predicted molar refractivity (Wildman–Crippen MR) is 94.0 cm³/mol. The third-order valence-electron chi connectivity index (χ3n) is 3.92. The van der Waals surface area contributed by atoms with Crippen LogP contribution in [0.4, 0.5) is 5.69 Å². The maximum absolute atomic E-state index is 12.6. The van der Waals surface area contributed by atoms with E-state index >= 15 is 0 Å². The lowest BCUT2D eigenvalue weighted by Crippen LogP contribution is -2.38. The molecule has 0 saturated heterocycles. The van der Waals surface area contributed by atoms with Crippen LogP contribution in [0.1, 0.15) is 65.0 Å². The van der Waals surface area contributed by atoms with Crippen LogP contribution in [0.2, 0.25) is 0 Å². The lowest BCUT2D eigenvalue weighted by Gasteiger charge is -2.29. The molecule has 0 N–H and O–H groups in total. The molecule has 0 saturated carbocycles. The Morgan fingerprint density at radius 1 is 1.14 bits per heavy atom. The smallest absolute Gasteiger partial charge is 0.232 e. The minimum atomic E-state index is -0.288. The molecular formula is C19H33NO. The highest BCUT2D eigenvalue weighted by molar-refractivity contribution is 5.96. The third kappa shape index (κ3) is 5.53. The highest BCUT2D eigenvalue weighted by Crippen LogP contribution is 2.28. The standard InChI is InChI=1S/C17H27NO.C2H6/c1-7-8-11-17(4,5)16(19)18(6)15-10-9-13(2)14(3)12-15;1-2/h9-10,12H,7-8,11H2,1-6H3;1-2H3. The molecule has 21 heavy (non-hydrogen) atoms. The van der Waals surface area contributed by atoms with Gasteiger partial charge in [-0.15, -0.1) is 0 Å². The third-order valence-corrected chi connectivity index (χ3v) is 3.92. The van der Waals surface area contributed by atoms with E-state index in [2.05, 4.69) is 32.9 Å². The number of benzene rings is 1. The van der Waals surface area contributed by atoms with Gasteiger partial charge >= 0.3 is 0 Å². The summed E-state index contributed by atoms with van der Waals surface area (Å²) >= 11 is 0. The topological polar surface area (TPSA) is 20.3 Å². The van der Waals surface area contributed by atoms with Gasteiger partial charge in [0.15, 0.2) is 0 Å². The van der Waals surface area contributed by atoms with Crippen LogP contribution < -0.4 is 4.90 Å². The Balaban J connectivity index is 0.00000191. The second-order valence-electron chi connectivity index (χ2n) is 6.12. The summed E-state index contributed by atoms with van der Waals surface area (Å²) in [5, 5.41) is 0. The lowest BCUT2D eigenvalue weighted by atomic mass is 9.85. The van der Waals surface area contributed by atoms with Gasteiger partial charge in [0.2, 0.25) is 5.91 Å². The molecule has 0 atom stereocenters. The van der Waals surface area contributed by atoms with Crippen molar-refractivity contribution in [3.63, 3.8) is 0 Å². The Hall–Kier alpha value is -1.31. The number of carbonyl (C=O) groups excluding carboxylic acids is 1. The molecule has 2 heteroatoms. The summed E-state index contributed by atoms with van der Waals surface area (Å²) in [5.41, 5.74) is 3.18. The molecule has 0 aliphatic heterocycles. The fourth-order valence-electron chi connectivity index (χ4n) is 2.23. The van der Waals surface area contributed by atoms with E-state index in [9.17, 15) is 4.79 Å². The first kappa shape index (κ1) is 19.7.